The summed E-state index contributed by atoms with van der Waals surface area (Å²) in [7, 11) is 0. The number of nitrogens with two attached hydrogens (primary N) is 6. The summed E-state index contributed by atoms with van der Waals surface area (Å²) in [6, 6.07) is 4.15. The maximum absolute atomic E-state index is 13.3. The van der Waals surface area contributed by atoms with Crippen molar-refractivity contribution in [2.45, 2.75) is 69.1 Å². The van der Waals surface area contributed by atoms with Gasteiger partial charge in [0.1, 0.15) is 18.1 Å². The normalized spacial score (nSPS) is 13.3. The minimum absolute atomic E-state index is 0.00309. The molecule has 0 fully saturated rings. The molecule has 0 spiro atoms. The fraction of sp³-hybridized carbons (Fsp3) is 0.500. The summed E-state index contributed by atoms with van der Waals surface area (Å²) in [6.07, 6.45) is 0.272. The van der Waals surface area contributed by atoms with Crippen molar-refractivity contribution >= 4 is 41.5 Å². The molecule has 43 heavy (non-hydrogen) atoms. The highest BCUT2D eigenvalue weighted by Crippen LogP contribution is 2.07. The van der Waals surface area contributed by atoms with Crippen molar-refractivity contribution in [3.63, 3.8) is 0 Å². The zero-order chi connectivity index (χ0) is 32.4. The smallest absolute Gasteiger partial charge is 0.326 e. The molecular weight excluding hydrogens is 562 g/mol. The number of amides is 4. The number of aliphatic carboxylic acids is 1. The molecule has 0 aromatic heterocycles. The average molecular weight is 606 g/mol. The molecule has 1 aromatic carbocycles. The van der Waals surface area contributed by atoms with Crippen molar-refractivity contribution in [1.29, 1.82) is 0 Å². The Labute approximate surface area is 249 Å². The summed E-state index contributed by atoms with van der Waals surface area (Å²) in [5.74, 6) is -4.60. The van der Waals surface area contributed by atoms with Gasteiger partial charge in [-0.05, 0) is 44.1 Å². The van der Waals surface area contributed by atoms with Crippen LogP contribution in [-0.2, 0) is 30.4 Å². The molecule has 17 nitrogen and oxygen atoms in total. The van der Waals surface area contributed by atoms with Crippen LogP contribution in [0, 0.1) is 0 Å². The molecular formula is C26H43N11O6. The Balaban J connectivity index is 3.05. The number of benzene rings is 1. The molecule has 0 heterocycles. The Hall–Kier alpha value is -4.93. The Kier molecular flexibility index (Phi) is 16.1. The first-order chi connectivity index (χ1) is 20.3. The van der Waals surface area contributed by atoms with E-state index < -0.39 is 53.8 Å². The molecule has 0 aliphatic carbocycles. The van der Waals surface area contributed by atoms with Gasteiger partial charge in [0.25, 0.3) is 0 Å². The highest BCUT2D eigenvalue weighted by Gasteiger charge is 2.30. The number of hydrogen-bond donors (Lipinski definition) is 10. The molecule has 0 aliphatic heterocycles. The van der Waals surface area contributed by atoms with Crippen molar-refractivity contribution in [1.82, 2.24) is 16.0 Å². The Morgan fingerprint density at radius 3 is 1.65 bits per heavy atom. The number of carboxylic acids is 1. The van der Waals surface area contributed by atoms with Gasteiger partial charge in [-0.3, -0.25) is 29.2 Å². The molecule has 0 bridgehead atoms. The number of carboxylic acid groups (broad SMARTS) is 1. The summed E-state index contributed by atoms with van der Waals surface area (Å²) in [6.45, 7) is 0.271. The molecule has 4 unspecified atom stereocenters. The van der Waals surface area contributed by atoms with Crippen LogP contribution in [0.2, 0.25) is 0 Å². The second-order valence-electron chi connectivity index (χ2n) is 9.72. The summed E-state index contributed by atoms with van der Waals surface area (Å²) >= 11 is 0. The fourth-order valence-corrected chi connectivity index (χ4v) is 3.87. The number of carbonyl (C=O) groups is 5. The highest BCUT2D eigenvalue weighted by atomic mass is 16.4. The first kappa shape index (κ1) is 36.1. The minimum atomic E-state index is -1.31. The van der Waals surface area contributed by atoms with Gasteiger partial charge < -0.3 is 55.5 Å². The van der Waals surface area contributed by atoms with E-state index in [2.05, 4.69) is 25.9 Å². The summed E-state index contributed by atoms with van der Waals surface area (Å²) in [4.78, 5) is 70.2. The van der Waals surface area contributed by atoms with Crippen molar-refractivity contribution in [3.05, 3.63) is 35.9 Å². The standard InChI is InChI=1S/C26H43N11O6/c27-16(14-15-6-2-1-3-7-15)21(39)35-18(10-11-20(28)38)23(41)36-17(8-4-12-33-25(29)30)22(40)37-19(24(42)43)9-5-13-34-26(31)32/h1-3,6-7,16-19H,4-5,8-14,27H2,(H2,28,38)(H,35,39)(H,36,41)(H,37,40)(H,42,43)(H4,29,30,33)(H4,31,32,34). The maximum atomic E-state index is 13.3. The van der Waals surface area contributed by atoms with Crippen LogP contribution in [-0.4, -0.2) is 83.9 Å². The number of aliphatic imine (C=N–C) groups is 2. The molecule has 4 amide bonds. The van der Waals surface area contributed by atoms with Crippen molar-refractivity contribution < 1.29 is 29.1 Å². The number of primary amides is 1. The van der Waals surface area contributed by atoms with Crippen molar-refractivity contribution in [2.75, 3.05) is 13.1 Å². The summed E-state index contributed by atoms with van der Waals surface area (Å²) in [5.41, 5.74) is 33.3. The molecule has 16 N–H and O–H groups in total. The SMILES string of the molecule is NC(=O)CCC(NC(=O)C(N)Cc1ccccc1)C(=O)NC(CCCN=C(N)N)C(=O)NC(CCCN=C(N)N)C(=O)O. The first-order valence-corrected chi connectivity index (χ1v) is 13.6. The fourth-order valence-electron chi connectivity index (χ4n) is 3.87. The van der Waals surface area contributed by atoms with Gasteiger partial charge in [0, 0.05) is 19.5 Å². The van der Waals surface area contributed by atoms with E-state index in [1.807, 2.05) is 6.07 Å². The Morgan fingerprint density at radius 1 is 0.698 bits per heavy atom. The second kappa shape index (κ2) is 19.2. The predicted molar refractivity (Wildman–Crippen MR) is 160 cm³/mol. The lowest BCUT2D eigenvalue weighted by Crippen LogP contribution is -2.57. The van der Waals surface area contributed by atoms with Crippen molar-refractivity contribution in [2.24, 2.45) is 44.4 Å². The lowest BCUT2D eigenvalue weighted by Gasteiger charge is -2.25. The Bertz CT molecular complexity index is 1140. The quantitative estimate of drug-likeness (QED) is 0.0394. The molecule has 0 aliphatic rings. The average Bonchev–Trinajstić information content (AvgIpc) is 2.93. The van der Waals surface area contributed by atoms with Crippen LogP contribution in [0.15, 0.2) is 40.3 Å². The summed E-state index contributed by atoms with van der Waals surface area (Å²) in [5, 5.41) is 17.1. The topological polar surface area (TPSA) is 323 Å². The monoisotopic (exact) mass is 605 g/mol. The number of hydrogen-bond acceptors (Lipinski definition) is 8. The molecule has 1 rings (SSSR count). The molecule has 238 valence electrons. The van der Waals surface area contributed by atoms with E-state index in [0.29, 0.717) is 0 Å². The van der Waals surface area contributed by atoms with Crippen LogP contribution >= 0.6 is 0 Å². The predicted octanol–water partition coefficient (Wildman–Crippen LogP) is -3.53. The van der Waals surface area contributed by atoms with Crippen LogP contribution in [0.5, 0.6) is 0 Å². The lowest BCUT2D eigenvalue weighted by molar-refractivity contribution is -0.142. The van der Waals surface area contributed by atoms with E-state index in [4.69, 9.17) is 34.4 Å². The third-order valence-corrected chi connectivity index (χ3v) is 6.09. The number of nitrogens with one attached hydrogen (secondary N) is 3. The largest absolute Gasteiger partial charge is 0.480 e. The minimum Gasteiger partial charge on any atom is -0.480 e. The van der Waals surface area contributed by atoms with Gasteiger partial charge in [-0.15, -0.1) is 0 Å². The van der Waals surface area contributed by atoms with E-state index >= 15 is 0 Å². The zero-order valence-corrected chi connectivity index (χ0v) is 23.9. The third kappa shape index (κ3) is 15.6. The molecule has 0 radical (unpaired) electrons. The number of carbonyl (C=O) groups excluding carboxylic acids is 4. The van der Waals surface area contributed by atoms with Gasteiger partial charge in [-0.25, -0.2) is 4.79 Å². The van der Waals surface area contributed by atoms with Gasteiger partial charge in [-0.2, -0.15) is 0 Å². The molecule has 4 atom stereocenters. The van der Waals surface area contributed by atoms with E-state index in [1.54, 1.807) is 24.3 Å². The van der Waals surface area contributed by atoms with E-state index in [0.717, 1.165) is 5.56 Å². The summed E-state index contributed by atoms with van der Waals surface area (Å²) < 4.78 is 0. The van der Waals surface area contributed by atoms with Crippen LogP contribution < -0.4 is 50.4 Å². The van der Waals surface area contributed by atoms with Gasteiger partial charge in [0.2, 0.25) is 23.6 Å². The number of rotatable bonds is 20. The maximum Gasteiger partial charge on any atom is 0.326 e. The van der Waals surface area contributed by atoms with E-state index in [9.17, 15) is 29.1 Å². The van der Waals surface area contributed by atoms with Crippen molar-refractivity contribution in [3.8, 4) is 0 Å². The molecule has 0 saturated carbocycles. The van der Waals surface area contributed by atoms with Crippen LogP contribution in [0.4, 0.5) is 0 Å². The molecule has 1 aromatic rings. The number of nitrogens with zero attached hydrogens (tertiary/aromatic N) is 2. The Morgan fingerprint density at radius 2 is 1.16 bits per heavy atom. The zero-order valence-electron chi connectivity index (χ0n) is 23.9. The lowest BCUT2D eigenvalue weighted by atomic mass is 10.0. The van der Waals surface area contributed by atoms with Crippen LogP contribution in [0.3, 0.4) is 0 Å². The first-order valence-electron chi connectivity index (χ1n) is 13.6. The van der Waals surface area contributed by atoms with E-state index in [1.165, 1.54) is 0 Å². The van der Waals surface area contributed by atoms with Gasteiger partial charge in [0.15, 0.2) is 11.9 Å². The van der Waals surface area contributed by atoms with Gasteiger partial charge in [0.05, 0.1) is 6.04 Å². The van der Waals surface area contributed by atoms with E-state index in [-0.39, 0.29) is 70.0 Å². The molecule has 17 heteroatoms. The highest BCUT2D eigenvalue weighted by molar-refractivity contribution is 5.94. The van der Waals surface area contributed by atoms with Gasteiger partial charge >= 0.3 is 5.97 Å². The van der Waals surface area contributed by atoms with Crippen LogP contribution in [0.1, 0.15) is 44.1 Å². The number of guanidine groups is 2. The third-order valence-electron chi connectivity index (χ3n) is 6.09. The van der Waals surface area contributed by atoms with Gasteiger partial charge in [-0.1, -0.05) is 30.3 Å². The van der Waals surface area contributed by atoms with Crippen LogP contribution in [0.25, 0.3) is 0 Å². The second-order valence-corrected chi connectivity index (χ2v) is 9.72. The molecule has 0 saturated heterocycles.